The lowest BCUT2D eigenvalue weighted by Crippen LogP contribution is -2.40. The highest BCUT2D eigenvalue weighted by Gasteiger charge is 2.34. The molecule has 2 heterocycles. The first kappa shape index (κ1) is 30.5. The van der Waals surface area contributed by atoms with E-state index in [1.165, 1.54) is 37.0 Å². The molecule has 8 nitrogen and oxygen atoms in total. The van der Waals surface area contributed by atoms with E-state index < -0.39 is 23.4 Å². The summed E-state index contributed by atoms with van der Waals surface area (Å²) in [6.45, 7) is 6.66. The number of carbonyl (C=O) groups is 1. The zero-order valence-electron chi connectivity index (χ0n) is 23.5. The number of fused-ring (bicyclic) bond motifs is 1. The molecular weight excluding hydrogens is 571 g/mol. The Morgan fingerprint density at radius 2 is 1.95 bits per heavy atom. The standard InChI is InChI=1S/C30H32ClFN2O6S/c1-17(2)11-12-39-23-10-9-19(15-24(23)38-5)27-26(29(36)40-14-13-37-4)18(3)33-30-34(27)28(35)25(41-30)16-20-21(31)7-6-8-22(20)32/h6-10,15-17,27H,11-14H2,1-5H3/b25-16-. The van der Waals surface area contributed by atoms with Crippen molar-refractivity contribution in [2.75, 3.05) is 34.0 Å². The van der Waals surface area contributed by atoms with Crippen molar-refractivity contribution >= 4 is 35.0 Å². The van der Waals surface area contributed by atoms with Gasteiger partial charge in [0.05, 0.1) is 47.2 Å². The Labute approximate surface area is 246 Å². The summed E-state index contributed by atoms with van der Waals surface area (Å²) in [5.41, 5.74) is 0.812. The van der Waals surface area contributed by atoms with Crippen LogP contribution in [0.2, 0.25) is 5.02 Å². The van der Waals surface area contributed by atoms with Crippen LogP contribution in [0.1, 0.15) is 44.4 Å². The summed E-state index contributed by atoms with van der Waals surface area (Å²) in [4.78, 5) is 32.1. The van der Waals surface area contributed by atoms with Gasteiger partial charge in [-0.1, -0.05) is 48.9 Å². The number of carbonyl (C=O) groups excluding carboxylic acids is 1. The van der Waals surface area contributed by atoms with E-state index in [1.807, 2.05) is 0 Å². The van der Waals surface area contributed by atoms with Gasteiger partial charge >= 0.3 is 5.97 Å². The smallest absolute Gasteiger partial charge is 0.338 e. The van der Waals surface area contributed by atoms with Crippen molar-refractivity contribution in [2.45, 2.75) is 33.2 Å². The van der Waals surface area contributed by atoms with Gasteiger partial charge in [-0.05, 0) is 55.2 Å². The number of ether oxygens (including phenoxy) is 4. The quantitative estimate of drug-likeness (QED) is 0.235. The van der Waals surface area contributed by atoms with Gasteiger partial charge in [-0.2, -0.15) is 0 Å². The van der Waals surface area contributed by atoms with Crippen molar-refractivity contribution in [3.63, 3.8) is 0 Å². The van der Waals surface area contributed by atoms with E-state index in [-0.39, 0.29) is 33.9 Å². The Kier molecular flexibility index (Phi) is 10.0. The van der Waals surface area contributed by atoms with E-state index in [4.69, 9.17) is 30.5 Å². The molecule has 218 valence electrons. The molecule has 1 atom stereocenters. The van der Waals surface area contributed by atoms with Crippen LogP contribution in [-0.2, 0) is 14.3 Å². The van der Waals surface area contributed by atoms with E-state index in [1.54, 1.807) is 31.2 Å². The van der Waals surface area contributed by atoms with Crippen LogP contribution in [-0.4, -0.2) is 44.6 Å². The number of esters is 1. The number of allylic oxidation sites excluding steroid dienone is 1. The minimum atomic E-state index is -0.891. The average molecular weight is 603 g/mol. The van der Waals surface area contributed by atoms with Crippen molar-refractivity contribution in [1.82, 2.24) is 4.57 Å². The molecule has 0 saturated heterocycles. The Balaban J connectivity index is 1.87. The molecule has 0 saturated carbocycles. The first-order chi connectivity index (χ1) is 19.7. The fraction of sp³-hybridized carbons (Fsp3) is 0.367. The Morgan fingerprint density at radius 3 is 2.63 bits per heavy atom. The molecule has 0 amide bonds. The van der Waals surface area contributed by atoms with Gasteiger partial charge in [0, 0.05) is 12.7 Å². The maximum absolute atomic E-state index is 14.6. The summed E-state index contributed by atoms with van der Waals surface area (Å²) < 4.78 is 38.3. The van der Waals surface area contributed by atoms with Crippen LogP contribution in [0, 0.1) is 11.7 Å². The molecule has 1 unspecified atom stereocenters. The van der Waals surface area contributed by atoms with Gasteiger partial charge in [-0.3, -0.25) is 9.36 Å². The number of nitrogens with zero attached hydrogens (tertiary/aromatic N) is 2. The van der Waals surface area contributed by atoms with Gasteiger partial charge in [-0.15, -0.1) is 0 Å². The summed E-state index contributed by atoms with van der Waals surface area (Å²) in [5, 5.41) is 0.170. The second-order valence-corrected chi connectivity index (χ2v) is 11.2. The van der Waals surface area contributed by atoms with Crippen LogP contribution in [0.15, 0.2) is 57.5 Å². The Morgan fingerprint density at radius 1 is 1.17 bits per heavy atom. The van der Waals surface area contributed by atoms with E-state index in [0.717, 1.165) is 17.8 Å². The molecular formula is C30H32ClFN2O6S. The van der Waals surface area contributed by atoms with E-state index in [0.29, 0.717) is 40.1 Å². The zero-order valence-corrected chi connectivity index (χ0v) is 25.1. The van der Waals surface area contributed by atoms with E-state index in [9.17, 15) is 14.0 Å². The number of hydrogen-bond donors (Lipinski definition) is 0. The fourth-order valence-corrected chi connectivity index (χ4v) is 5.60. The predicted octanol–water partition coefficient (Wildman–Crippen LogP) is 4.65. The van der Waals surface area contributed by atoms with Crippen molar-refractivity contribution in [3.05, 3.63) is 89.3 Å². The number of thiazole rings is 1. The molecule has 1 aromatic heterocycles. The Bertz CT molecular complexity index is 1620. The predicted molar refractivity (Wildman–Crippen MR) is 156 cm³/mol. The van der Waals surface area contributed by atoms with E-state index in [2.05, 4.69) is 18.8 Å². The van der Waals surface area contributed by atoms with Crippen LogP contribution >= 0.6 is 22.9 Å². The molecule has 4 rings (SSSR count). The van der Waals surface area contributed by atoms with Crippen LogP contribution in [0.25, 0.3) is 6.08 Å². The Hall–Kier alpha value is -3.47. The highest BCUT2D eigenvalue weighted by Crippen LogP contribution is 2.36. The van der Waals surface area contributed by atoms with Gasteiger partial charge in [0.25, 0.3) is 5.56 Å². The van der Waals surface area contributed by atoms with Gasteiger partial charge < -0.3 is 18.9 Å². The van der Waals surface area contributed by atoms with Crippen molar-refractivity contribution in [2.24, 2.45) is 10.9 Å². The summed E-state index contributed by atoms with van der Waals surface area (Å²) >= 11 is 7.31. The lowest BCUT2D eigenvalue weighted by atomic mass is 9.95. The molecule has 0 N–H and O–H groups in total. The largest absolute Gasteiger partial charge is 0.493 e. The molecule has 11 heteroatoms. The zero-order chi connectivity index (χ0) is 29.7. The topological polar surface area (TPSA) is 88.4 Å². The molecule has 0 fully saturated rings. The molecule has 3 aromatic rings. The highest BCUT2D eigenvalue weighted by molar-refractivity contribution is 7.07. The van der Waals surface area contributed by atoms with Gasteiger partial charge in [-0.25, -0.2) is 14.2 Å². The first-order valence-electron chi connectivity index (χ1n) is 13.1. The molecule has 0 aliphatic carbocycles. The van der Waals surface area contributed by atoms with Crippen LogP contribution in [0.3, 0.4) is 0 Å². The van der Waals surface area contributed by atoms with Crippen LogP contribution < -0.4 is 24.4 Å². The minimum absolute atomic E-state index is 0.0288. The summed E-state index contributed by atoms with van der Waals surface area (Å²) in [6, 6.07) is 8.69. The summed E-state index contributed by atoms with van der Waals surface area (Å²) in [6.07, 6.45) is 2.27. The molecule has 0 radical (unpaired) electrons. The van der Waals surface area contributed by atoms with Gasteiger partial charge in [0.2, 0.25) is 0 Å². The molecule has 2 aromatic carbocycles. The average Bonchev–Trinajstić information content (AvgIpc) is 3.24. The molecule has 41 heavy (non-hydrogen) atoms. The third-order valence-corrected chi connectivity index (χ3v) is 7.81. The monoisotopic (exact) mass is 602 g/mol. The number of methoxy groups -OCH3 is 2. The minimum Gasteiger partial charge on any atom is -0.493 e. The molecule has 0 spiro atoms. The maximum atomic E-state index is 14.6. The lowest BCUT2D eigenvalue weighted by Gasteiger charge is -2.25. The number of benzene rings is 2. The normalized spacial score (nSPS) is 15.1. The second-order valence-electron chi connectivity index (χ2n) is 9.79. The third-order valence-electron chi connectivity index (χ3n) is 6.49. The van der Waals surface area contributed by atoms with Gasteiger partial charge in [0.15, 0.2) is 16.3 Å². The van der Waals surface area contributed by atoms with E-state index >= 15 is 0 Å². The number of hydrogen-bond acceptors (Lipinski definition) is 8. The molecule has 0 bridgehead atoms. The SMILES string of the molecule is COCCOC(=O)C1=C(C)N=c2s/c(=C\c3c(F)cccc3Cl)c(=O)n2C1c1ccc(OCCC(C)C)c(OC)c1. The number of aromatic nitrogens is 1. The highest BCUT2D eigenvalue weighted by atomic mass is 35.5. The summed E-state index contributed by atoms with van der Waals surface area (Å²) in [5.74, 6) is 0.282. The van der Waals surface area contributed by atoms with Crippen molar-refractivity contribution < 1.29 is 28.1 Å². The van der Waals surface area contributed by atoms with Crippen LogP contribution in [0.5, 0.6) is 11.5 Å². The number of halogens is 2. The molecule has 1 aliphatic rings. The van der Waals surface area contributed by atoms with Crippen molar-refractivity contribution in [1.29, 1.82) is 0 Å². The first-order valence-corrected chi connectivity index (χ1v) is 14.3. The fourth-order valence-electron chi connectivity index (χ4n) is 4.35. The third kappa shape index (κ3) is 6.72. The number of rotatable bonds is 11. The lowest BCUT2D eigenvalue weighted by molar-refractivity contribution is -0.140. The second kappa shape index (κ2) is 13.5. The van der Waals surface area contributed by atoms with Crippen LogP contribution in [0.4, 0.5) is 4.39 Å². The van der Waals surface area contributed by atoms with Crippen molar-refractivity contribution in [3.8, 4) is 11.5 Å². The summed E-state index contributed by atoms with van der Waals surface area (Å²) in [7, 11) is 3.03. The maximum Gasteiger partial charge on any atom is 0.338 e. The molecule has 1 aliphatic heterocycles. The van der Waals surface area contributed by atoms with Gasteiger partial charge in [0.1, 0.15) is 12.4 Å².